The van der Waals surface area contributed by atoms with E-state index in [4.69, 9.17) is 4.74 Å². The monoisotopic (exact) mass is 334 g/mol. The lowest BCUT2D eigenvalue weighted by atomic mass is 9.89. The fraction of sp³-hybridized carbons (Fsp3) is 0.778. The van der Waals surface area contributed by atoms with Crippen LogP contribution in [0.5, 0.6) is 0 Å². The van der Waals surface area contributed by atoms with E-state index in [0.717, 1.165) is 57.6 Å². The highest BCUT2D eigenvalue weighted by atomic mass is 16.5. The molecule has 2 saturated heterocycles. The molecule has 6 nitrogen and oxygen atoms in total. The van der Waals surface area contributed by atoms with Crippen LogP contribution in [0.15, 0.2) is 12.4 Å². The van der Waals surface area contributed by atoms with Crippen LogP contribution < -0.4 is 5.32 Å². The quantitative estimate of drug-likeness (QED) is 0.857. The van der Waals surface area contributed by atoms with E-state index in [1.54, 1.807) is 0 Å². The van der Waals surface area contributed by atoms with Crippen LogP contribution in [0.1, 0.15) is 44.1 Å². The Morgan fingerprint density at radius 2 is 2.33 bits per heavy atom. The molecule has 134 valence electrons. The molecule has 6 heteroatoms. The third-order valence-electron chi connectivity index (χ3n) is 5.19. The number of carbonyl (C=O) groups excluding carboxylic acids is 1. The van der Waals surface area contributed by atoms with E-state index >= 15 is 0 Å². The summed E-state index contributed by atoms with van der Waals surface area (Å²) in [6.07, 6.45) is 8.55. The number of carbonyl (C=O) groups is 1. The second-order valence-electron chi connectivity index (χ2n) is 7.09. The topological polar surface area (TPSA) is 59.4 Å². The van der Waals surface area contributed by atoms with Gasteiger partial charge in [-0.3, -0.25) is 9.48 Å². The summed E-state index contributed by atoms with van der Waals surface area (Å²) in [5.41, 5.74) is 1.16. The average molecular weight is 334 g/mol. The number of nitrogens with one attached hydrogen (secondary N) is 1. The van der Waals surface area contributed by atoms with Crippen molar-refractivity contribution < 1.29 is 9.53 Å². The van der Waals surface area contributed by atoms with Gasteiger partial charge in [-0.05, 0) is 31.2 Å². The zero-order chi connectivity index (χ0) is 16.9. The lowest BCUT2D eigenvalue weighted by Gasteiger charge is -2.32. The lowest BCUT2D eigenvalue weighted by molar-refractivity contribution is -0.138. The van der Waals surface area contributed by atoms with Crippen molar-refractivity contribution in [3.63, 3.8) is 0 Å². The third kappa shape index (κ3) is 3.98. The molecule has 0 radical (unpaired) electrons. The Hall–Kier alpha value is -1.40. The van der Waals surface area contributed by atoms with Crippen molar-refractivity contribution in [2.45, 2.75) is 44.6 Å². The van der Waals surface area contributed by atoms with Gasteiger partial charge >= 0.3 is 0 Å². The van der Waals surface area contributed by atoms with E-state index in [-0.39, 0.29) is 23.8 Å². The minimum atomic E-state index is 0.00402. The normalized spacial score (nSPS) is 27.3. The van der Waals surface area contributed by atoms with Gasteiger partial charge in [-0.15, -0.1) is 0 Å². The second-order valence-corrected chi connectivity index (χ2v) is 7.09. The molecule has 0 saturated carbocycles. The van der Waals surface area contributed by atoms with Gasteiger partial charge in [0.15, 0.2) is 0 Å². The molecule has 2 fully saturated rings. The molecular weight excluding hydrogens is 304 g/mol. The summed E-state index contributed by atoms with van der Waals surface area (Å²) in [6.45, 7) is 6.12. The molecule has 2 aliphatic rings. The van der Waals surface area contributed by atoms with Crippen LogP contribution in [0.25, 0.3) is 0 Å². The van der Waals surface area contributed by atoms with Gasteiger partial charge in [-0.2, -0.15) is 5.10 Å². The number of rotatable bonds is 6. The minimum Gasteiger partial charge on any atom is -0.376 e. The number of nitrogens with zero attached hydrogens (tertiary/aromatic N) is 3. The lowest BCUT2D eigenvalue weighted by Crippen LogP contribution is -2.44. The molecular formula is C18H30N4O2. The van der Waals surface area contributed by atoms with E-state index in [0.29, 0.717) is 0 Å². The number of aryl methyl sites for hydroxylation is 1. The molecule has 0 spiro atoms. The molecule has 24 heavy (non-hydrogen) atoms. The first-order valence-electron chi connectivity index (χ1n) is 9.28. The van der Waals surface area contributed by atoms with Crippen molar-refractivity contribution >= 4 is 5.91 Å². The van der Waals surface area contributed by atoms with E-state index in [1.807, 2.05) is 29.0 Å². The van der Waals surface area contributed by atoms with Crippen LogP contribution in [-0.4, -0.2) is 59.5 Å². The van der Waals surface area contributed by atoms with Gasteiger partial charge in [0.05, 0.1) is 18.2 Å². The van der Waals surface area contributed by atoms with Crippen molar-refractivity contribution in [3.05, 3.63) is 18.0 Å². The second kappa shape index (κ2) is 8.12. The van der Waals surface area contributed by atoms with Crippen molar-refractivity contribution in [1.82, 2.24) is 20.0 Å². The molecule has 3 atom stereocenters. The van der Waals surface area contributed by atoms with Crippen molar-refractivity contribution in [2.24, 2.45) is 13.0 Å². The first-order valence-corrected chi connectivity index (χ1v) is 9.28. The van der Waals surface area contributed by atoms with Gasteiger partial charge in [-0.25, -0.2) is 0 Å². The van der Waals surface area contributed by atoms with Gasteiger partial charge in [0.2, 0.25) is 5.91 Å². The van der Waals surface area contributed by atoms with Gasteiger partial charge in [0.1, 0.15) is 0 Å². The smallest absolute Gasteiger partial charge is 0.227 e. The Bertz CT molecular complexity index is 539. The summed E-state index contributed by atoms with van der Waals surface area (Å²) in [5.74, 6) is 0.493. The van der Waals surface area contributed by atoms with E-state index in [9.17, 15) is 4.79 Å². The predicted octanol–water partition coefficient (Wildman–Crippen LogP) is 1.53. The predicted molar refractivity (Wildman–Crippen MR) is 92.8 cm³/mol. The highest BCUT2D eigenvalue weighted by Gasteiger charge is 2.37. The zero-order valence-electron chi connectivity index (χ0n) is 14.9. The van der Waals surface area contributed by atoms with E-state index < -0.39 is 0 Å². The van der Waals surface area contributed by atoms with Crippen LogP contribution >= 0.6 is 0 Å². The first-order chi connectivity index (χ1) is 11.7. The number of hydrogen-bond acceptors (Lipinski definition) is 4. The zero-order valence-corrected chi connectivity index (χ0v) is 14.9. The van der Waals surface area contributed by atoms with Crippen LogP contribution in [0, 0.1) is 5.92 Å². The van der Waals surface area contributed by atoms with Gasteiger partial charge in [0, 0.05) is 51.9 Å². The number of aromatic nitrogens is 2. The maximum atomic E-state index is 13.2. The molecule has 1 amide bonds. The molecule has 3 rings (SSSR count). The minimum absolute atomic E-state index is 0.00402. The molecule has 1 N–H and O–H groups in total. The Labute approximate surface area is 144 Å². The summed E-state index contributed by atoms with van der Waals surface area (Å²) < 4.78 is 7.67. The largest absolute Gasteiger partial charge is 0.376 e. The van der Waals surface area contributed by atoms with Gasteiger partial charge in [0.25, 0.3) is 0 Å². The van der Waals surface area contributed by atoms with Crippen LogP contribution in [0.2, 0.25) is 0 Å². The van der Waals surface area contributed by atoms with Crippen LogP contribution in [-0.2, 0) is 16.6 Å². The summed E-state index contributed by atoms with van der Waals surface area (Å²) in [7, 11) is 1.92. The van der Waals surface area contributed by atoms with Gasteiger partial charge < -0.3 is 15.0 Å². The summed E-state index contributed by atoms with van der Waals surface area (Å²) in [5, 5.41) is 7.67. The molecule has 1 aromatic heterocycles. The highest BCUT2D eigenvalue weighted by molar-refractivity contribution is 5.80. The Morgan fingerprint density at radius 3 is 3.00 bits per heavy atom. The maximum absolute atomic E-state index is 13.2. The highest BCUT2D eigenvalue weighted by Crippen LogP contribution is 2.29. The Morgan fingerprint density at radius 1 is 1.46 bits per heavy atom. The molecule has 0 aromatic carbocycles. The van der Waals surface area contributed by atoms with Crippen LogP contribution in [0.4, 0.5) is 0 Å². The van der Waals surface area contributed by atoms with E-state index in [2.05, 4.69) is 17.3 Å². The number of hydrogen-bond donors (Lipinski definition) is 1. The summed E-state index contributed by atoms with van der Waals surface area (Å²) in [6, 6.07) is 0. The molecule has 0 bridgehead atoms. The number of amides is 1. The molecule has 1 unspecified atom stereocenters. The SMILES string of the molecule is CCCN(CC1CCCCO1)C(=O)[C@H]1CNC[C@@H]1c1cnn(C)c1. The van der Waals surface area contributed by atoms with Crippen molar-refractivity contribution in [2.75, 3.05) is 32.8 Å². The first kappa shape index (κ1) is 17.4. The molecule has 1 aromatic rings. The van der Waals surface area contributed by atoms with Gasteiger partial charge in [-0.1, -0.05) is 6.92 Å². The molecule has 2 aliphatic heterocycles. The average Bonchev–Trinajstić information content (AvgIpc) is 3.23. The van der Waals surface area contributed by atoms with Crippen molar-refractivity contribution in [3.8, 4) is 0 Å². The Kier molecular flexibility index (Phi) is 5.89. The fourth-order valence-electron chi connectivity index (χ4n) is 3.91. The fourth-order valence-corrected chi connectivity index (χ4v) is 3.91. The van der Waals surface area contributed by atoms with Crippen LogP contribution in [0.3, 0.4) is 0 Å². The molecule has 0 aliphatic carbocycles. The maximum Gasteiger partial charge on any atom is 0.227 e. The van der Waals surface area contributed by atoms with Crippen molar-refractivity contribution in [1.29, 1.82) is 0 Å². The summed E-state index contributed by atoms with van der Waals surface area (Å²) in [4.78, 5) is 15.2. The number of ether oxygens (including phenoxy) is 1. The summed E-state index contributed by atoms with van der Waals surface area (Å²) >= 11 is 0. The standard InChI is InChI=1S/C18H30N4O2/c1-3-7-22(13-15-6-4-5-8-24-15)18(23)17-11-19-10-16(17)14-9-20-21(2)12-14/h9,12,15-17,19H,3-8,10-11,13H2,1-2H3/t15?,16-,17+/m1/s1. The van der Waals surface area contributed by atoms with E-state index in [1.165, 1.54) is 6.42 Å². The Balaban J connectivity index is 1.68. The molecule has 3 heterocycles. The third-order valence-corrected chi connectivity index (χ3v) is 5.19.